The second-order valence-corrected chi connectivity index (χ2v) is 14.7. The molecule has 3 N–H and O–H groups in total. The van der Waals surface area contributed by atoms with Crippen molar-refractivity contribution in [3.05, 3.63) is 89.0 Å². The minimum atomic E-state index is -5.09. The van der Waals surface area contributed by atoms with Crippen molar-refractivity contribution in [2.24, 2.45) is 0 Å². The fourth-order valence-electron chi connectivity index (χ4n) is 4.50. The number of halogens is 5. The van der Waals surface area contributed by atoms with Gasteiger partial charge in [-0.2, -0.15) is 13.2 Å². The number of imide groups is 1. The molecular weight excluding hydrogens is 665 g/mol. The Kier molecular flexibility index (Phi) is 9.33. The molecule has 4 rings (SSSR count). The van der Waals surface area contributed by atoms with Gasteiger partial charge in [-0.25, -0.2) is 36.4 Å². The maximum absolute atomic E-state index is 14.3. The van der Waals surface area contributed by atoms with Crippen molar-refractivity contribution in [1.82, 2.24) is 9.62 Å². The summed E-state index contributed by atoms with van der Waals surface area (Å²) in [4.78, 5) is 53.5. The molecule has 256 valence electrons. The van der Waals surface area contributed by atoms with Crippen LogP contribution in [-0.4, -0.2) is 47.5 Å². The summed E-state index contributed by atoms with van der Waals surface area (Å²) in [6.07, 6.45) is -5.09. The number of anilines is 3. The number of carbonyl (C=O) groups is 4. The number of hydrogen-bond donors (Lipinski definition) is 3. The highest BCUT2D eigenvalue weighted by molar-refractivity contribution is 7.91. The van der Waals surface area contributed by atoms with Gasteiger partial charge >= 0.3 is 18.2 Å². The van der Waals surface area contributed by atoms with Crippen LogP contribution in [0.4, 0.5) is 48.6 Å². The Bertz CT molecular complexity index is 1910. The largest absolute Gasteiger partial charge is 0.419 e. The number of amides is 6. The van der Waals surface area contributed by atoms with Crippen LogP contribution in [0.1, 0.15) is 56.1 Å². The van der Waals surface area contributed by atoms with Crippen LogP contribution in [0, 0.1) is 11.6 Å². The highest BCUT2D eigenvalue weighted by Gasteiger charge is 2.52. The summed E-state index contributed by atoms with van der Waals surface area (Å²) in [5, 5.41) is 4.90. The predicted molar refractivity (Wildman–Crippen MR) is 166 cm³/mol. The summed E-state index contributed by atoms with van der Waals surface area (Å²) in [6.45, 7) is 6.53. The molecule has 0 bridgehead atoms. The number of urea groups is 2. The number of alkyl halides is 3. The van der Waals surface area contributed by atoms with Crippen LogP contribution in [0.2, 0.25) is 0 Å². The molecule has 0 radical (unpaired) electrons. The molecule has 1 fully saturated rings. The van der Waals surface area contributed by atoms with Crippen LogP contribution in [0.25, 0.3) is 0 Å². The second-order valence-electron chi connectivity index (χ2n) is 12.2. The zero-order valence-corrected chi connectivity index (χ0v) is 26.9. The number of nitrogens with one attached hydrogen (secondary N) is 3. The van der Waals surface area contributed by atoms with E-state index in [1.807, 2.05) is 4.72 Å². The van der Waals surface area contributed by atoms with E-state index in [0.29, 0.717) is 17.0 Å². The monoisotopic (exact) mass is 695 g/mol. The van der Waals surface area contributed by atoms with E-state index < -0.39 is 79.8 Å². The van der Waals surface area contributed by atoms with Gasteiger partial charge in [0.1, 0.15) is 17.2 Å². The molecule has 0 atom stereocenters. The number of benzene rings is 3. The topological polar surface area (TPSA) is 145 Å². The highest BCUT2D eigenvalue weighted by atomic mass is 32.2. The Morgan fingerprint density at radius 3 is 2.08 bits per heavy atom. The van der Waals surface area contributed by atoms with Gasteiger partial charge < -0.3 is 15.5 Å². The molecule has 1 saturated heterocycles. The zero-order valence-electron chi connectivity index (χ0n) is 26.1. The Morgan fingerprint density at radius 1 is 0.875 bits per heavy atom. The minimum Gasteiger partial charge on any atom is -0.308 e. The first-order valence-electron chi connectivity index (χ1n) is 14.1. The molecule has 0 aliphatic carbocycles. The van der Waals surface area contributed by atoms with E-state index in [-0.39, 0.29) is 22.5 Å². The quantitative estimate of drug-likeness (QED) is 0.197. The number of hydrogen-bond acceptors (Lipinski definition) is 6. The van der Waals surface area contributed by atoms with Crippen molar-refractivity contribution in [3.63, 3.8) is 0 Å². The number of nitrogens with zero attached hydrogens (tertiary/aromatic N) is 2. The Balaban J connectivity index is 1.52. The average molecular weight is 696 g/mol. The van der Waals surface area contributed by atoms with Gasteiger partial charge in [0, 0.05) is 11.3 Å². The van der Waals surface area contributed by atoms with Gasteiger partial charge in [-0.05, 0) is 94.8 Å². The third kappa shape index (κ3) is 7.25. The molecule has 3 aromatic carbocycles. The van der Waals surface area contributed by atoms with Crippen molar-refractivity contribution in [3.8, 4) is 0 Å². The van der Waals surface area contributed by atoms with Crippen LogP contribution in [-0.2, 0) is 27.5 Å². The Labute approximate surface area is 272 Å². The number of rotatable bonds is 7. The molecular formula is C31H30F5N5O6S. The van der Waals surface area contributed by atoms with Crippen molar-refractivity contribution in [2.45, 2.75) is 57.6 Å². The fourth-order valence-corrected chi connectivity index (χ4v) is 5.16. The molecule has 17 heteroatoms. The molecule has 1 aliphatic heterocycles. The molecule has 0 saturated carbocycles. The first kappa shape index (κ1) is 35.8. The van der Waals surface area contributed by atoms with Crippen molar-refractivity contribution in [1.29, 1.82) is 0 Å². The maximum atomic E-state index is 14.3. The Morgan fingerprint density at radius 2 is 1.50 bits per heavy atom. The second kappa shape index (κ2) is 12.5. The van der Waals surface area contributed by atoms with Gasteiger partial charge in [-0.15, -0.1) is 0 Å². The normalized spacial score (nSPS) is 15.0. The van der Waals surface area contributed by atoms with Crippen LogP contribution in [0.15, 0.2) is 60.7 Å². The fraction of sp³-hybridized carbons (Fsp3) is 0.290. The minimum absolute atomic E-state index is 0.0158. The smallest absolute Gasteiger partial charge is 0.308 e. The first-order chi connectivity index (χ1) is 22.0. The van der Waals surface area contributed by atoms with Crippen molar-refractivity contribution < 1.29 is 49.5 Å². The Hall–Kier alpha value is -5.06. The summed E-state index contributed by atoms with van der Waals surface area (Å²) in [6, 6.07) is 8.16. The van der Waals surface area contributed by atoms with Gasteiger partial charge in [0.15, 0.2) is 0 Å². The maximum Gasteiger partial charge on any atom is 0.419 e. The lowest BCUT2D eigenvalue weighted by molar-refractivity contribution is -0.140. The summed E-state index contributed by atoms with van der Waals surface area (Å²) in [7, 11) is -3.98. The standard InChI is InChI=1S/C31H30F5N5O6S/c1-29(2,3)48(46,47)39-25(42)17-7-10-20(11-8-17)37-27(44)38-24-14-19(32)9-6-18(24)16-40-28(45)41(26(43)30(40,4)5)21-12-13-23(33)22(15-21)31(34,35)36/h6-15H,16H2,1-5H3,(H,39,42)(H2,37,38,44). The van der Waals surface area contributed by atoms with Crippen molar-refractivity contribution >= 4 is 51.0 Å². The highest BCUT2D eigenvalue weighted by Crippen LogP contribution is 2.38. The SMILES string of the molecule is CC1(C)C(=O)N(c2ccc(F)c(C(F)(F)F)c2)C(=O)N1Cc1ccc(F)cc1NC(=O)Nc1ccc(C(=O)NS(=O)(=O)C(C)(C)C)cc1. The summed E-state index contributed by atoms with van der Waals surface area (Å²) in [5.74, 6) is -4.16. The average Bonchev–Trinajstić information content (AvgIpc) is 3.12. The molecule has 1 heterocycles. The summed E-state index contributed by atoms with van der Waals surface area (Å²) < 4.78 is 93.5. The van der Waals surface area contributed by atoms with Crippen LogP contribution >= 0.6 is 0 Å². The van der Waals surface area contributed by atoms with E-state index in [1.165, 1.54) is 65.0 Å². The van der Waals surface area contributed by atoms with Crippen LogP contribution in [0.5, 0.6) is 0 Å². The third-order valence-corrected chi connectivity index (χ3v) is 9.49. The van der Waals surface area contributed by atoms with E-state index >= 15 is 0 Å². The van der Waals surface area contributed by atoms with E-state index in [0.717, 1.165) is 23.1 Å². The molecule has 6 amide bonds. The van der Waals surface area contributed by atoms with Gasteiger partial charge in [0.05, 0.1) is 28.2 Å². The summed E-state index contributed by atoms with van der Waals surface area (Å²) >= 11 is 0. The van der Waals surface area contributed by atoms with E-state index in [2.05, 4.69) is 10.6 Å². The first-order valence-corrected chi connectivity index (χ1v) is 15.6. The lowest BCUT2D eigenvalue weighted by atomic mass is 10.0. The van der Waals surface area contributed by atoms with E-state index in [9.17, 15) is 49.5 Å². The molecule has 0 spiro atoms. The van der Waals surface area contributed by atoms with Crippen LogP contribution < -0.4 is 20.3 Å². The molecule has 0 unspecified atom stereocenters. The molecule has 3 aromatic rings. The van der Waals surface area contributed by atoms with Gasteiger partial charge in [-0.3, -0.25) is 9.59 Å². The molecule has 0 aromatic heterocycles. The molecule has 1 aliphatic rings. The molecule has 11 nitrogen and oxygen atoms in total. The predicted octanol–water partition coefficient (Wildman–Crippen LogP) is 6.23. The lowest BCUT2D eigenvalue weighted by Crippen LogP contribution is -2.43. The third-order valence-electron chi connectivity index (χ3n) is 7.42. The van der Waals surface area contributed by atoms with Gasteiger partial charge in [0.25, 0.3) is 11.8 Å². The van der Waals surface area contributed by atoms with Crippen molar-refractivity contribution in [2.75, 3.05) is 15.5 Å². The number of carbonyl (C=O) groups excluding carboxylic acids is 4. The summed E-state index contributed by atoms with van der Waals surface area (Å²) in [5.41, 5.74) is -3.63. The molecule has 48 heavy (non-hydrogen) atoms. The lowest BCUT2D eigenvalue weighted by Gasteiger charge is -2.28. The van der Waals surface area contributed by atoms with E-state index in [4.69, 9.17) is 0 Å². The van der Waals surface area contributed by atoms with Gasteiger partial charge in [0.2, 0.25) is 10.0 Å². The van der Waals surface area contributed by atoms with Gasteiger partial charge in [-0.1, -0.05) is 6.07 Å². The zero-order chi connectivity index (χ0) is 36.0. The van der Waals surface area contributed by atoms with E-state index in [1.54, 1.807) is 0 Å². The number of sulfonamides is 1. The van der Waals surface area contributed by atoms with Crippen LogP contribution in [0.3, 0.4) is 0 Å².